The van der Waals surface area contributed by atoms with Crippen LogP contribution in [0.4, 0.5) is 11.4 Å². The molecule has 0 bridgehead atoms. The molecule has 0 saturated heterocycles. The summed E-state index contributed by atoms with van der Waals surface area (Å²) in [5, 5.41) is 21.6. The average molecular weight is 773 g/mol. The number of nitrogens with zero attached hydrogens (tertiary/aromatic N) is 5. The molecule has 2 heterocycles. The van der Waals surface area contributed by atoms with Crippen LogP contribution in [0, 0.1) is 10.1 Å². The van der Waals surface area contributed by atoms with Crippen molar-refractivity contribution in [2.75, 3.05) is 5.73 Å². The maximum atomic E-state index is 12.8. The van der Waals surface area contributed by atoms with Crippen LogP contribution < -0.4 is 5.73 Å². The number of hydrogen-bond acceptors (Lipinski definition) is 9. The molecule has 0 atom stereocenters. The van der Waals surface area contributed by atoms with Crippen molar-refractivity contribution in [2.24, 2.45) is 0 Å². The third-order valence-electron chi connectivity index (χ3n) is 8.84. The monoisotopic (exact) mass is 772 g/mol. The number of benzene rings is 6. The standard InChI is InChI=1S/C22H15N3O3S.C22H17N3OS/c26-22(16-7-4-8-18(13-16)25(27)28)17-10-11-19-20(23-24(29)21(19)14-17)12-9-15-5-2-1-3-6-15;23-18-8-4-7-16(13-18)22(26)17-10-11-19-20(24-25(27)21(19)14-17)12-9-15-5-2-1-3-6-15/h1-14,29H;1-14,27H,23H2/b2*12-9+. The third-order valence-corrected chi connectivity index (χ3v) is 9.45. The lowest BCUT2D eigenvalue weighted by Crippen LogP contribution is -2.02. The number of fused-ring (bicyclic) bond motifs is 2. The minimum atomic E-state index is -0.520. The average Bonchev–Trinajstić information content (AvgIpc) is 3.73. The van der Waals surface area contributed by atoms with Crippen LogP contribution in [0.2, 0.25) is 0 Å². The van der Waals surface area contributed by atoms with Crippen molar-refractivity contribution < 1.29 is 14.5 Å². The molecule has 6 aromatic carbocycles. The van der Waals surface area contributed by atoms with Crippen molar-refractivity contribution in [1.29, 1.82) is 0 Å². The quantitative estimate of drug-likeness (QED) is 0.0437. The van der Waals surface area contributed by atoms with E-state index in [2.05, 4.69) is 35.8 Å². The Morgan fingerprint density at radius 1 is 0.554 bits per heavy atom. The summed E-state index contributed by atoms with van der Waals surface area (Å²) in [6, 6.07) is 43.2. The van der Waals surface area contributed by atoms with Gasteiger partial charge in [-0.15, -0.1) is 0 Å². The molecule has 0 radical (unpaired) electrons. The van der Waals surface area contributed by atoms with E-state index in [9.17, 15) is 19.7 Å². The predicted molar refractivity (Wildman–Crippen MR) is 230 cm³/mol. The second kappa shape index (κ2) is 16.6. The molecule has 56 heavy (non-hydrogen) atoms. The Balaban J connectivity index is 0.000000172. The molecule has 2 N–H and O–H groups in total. The third kappa shape index (κ3) is 8.36. The van der Waals surface area contributed by atoms with Gasteiger partial charge in [-0.25, -0.2) is 8.17 Å². The van der Waals surface area contributed by atoms with Gasteiger partial charge >= 0.3 is 0 Å². The van der Waals surface area contributed by atoms with Gasteiger partial charge in [-0.2, -0.15) is 10.2 Å². The fourth-order valence-electron chi connectivity index (χ4n) is 6.03. The molecule has 12 heteroatoms. The summed E-state index contributed by atoms with van der Waals surface area (Å²) in [7, 11) is 0. The normalized spacial score (nSPS) is 11.2. The summed E-state index contributed by atoms with van der Waals surface area (Å²) in [6.45, 7) is 0. The molecule has 8 rings (SSSR count). The van der Waals surface area contributed by atoms with Crippen molar-refractivity contribution >= 4 is 94.7 Å². The minimum absolute atomic E-state index is 0.0832. The zero-order valence-corrected chi connectivity index (χ0v) is 31.3. The molecule has 10 nitrogen and oxygen atoms in total. The minimum Gasteiger partial charge on any atom is -0.399 e. The predicted octanol–water partition coefficient (Wildman–Crippen LogP) is 9.75. The van der Waals surface area contributed by atoms with Gasteiger partial charge in [-0.3, -0.25) is 19.7 Å². The van der Waals surface area contributed by atoms with Gasteiger partial charge < -0.3 is 5.73 Å². The van der Waals surface area contributed by atoms with Crippen molar-refractivity contribution in [3.8, 4) is 0 Å². The van der Waals surface area contributed by atoms with Gasteiger partial charge in [-0.05, 0) is 85.3 Å². The molecule has 0 saturated carbocycles. The molecule has 0 unspecified atom stereocenters. The maximum absolute atomic E-state index is 12.8. The fourth-order valence-corrected chi connectivity index (χ4v) is 6.55. The first-order chi connectivity index (χ1) is 27.1. The number of hydrogen-bond donors (Lipinski definition) is 3. The Bertz CT molecular complexity index is 2810. The SMILES string of the molecule is Nc1cccc(C(=O)c2ccc3c(/C=C/c4ccccc4)nn(S)c3c2)c1.O=C(c1cccc([N+](=O)[O-])c1)c1ccc2c(/C=C/c3ccccc3)nn(S)c2c1. The van der Waals surface area contributed by atoms with E-state index < -0.39 is 4.92 Å². The zero-order chi connectivity index (χ0) is 39.2. The van der Waals surface area contributed by atoms with Crippen LogP contribution in [0.15, 0.2) is 146 Å². The van der Waals surface area contributed by atoms with Crippen molar-refractivity contribution in [2.45, 2.75) is 0 Å². The van der Waals surface area contributed by atoms with E-state index in [0.29, 0.717) is 27.9 Å². The molecule has 0 aliphatic heterocycles. The lowest BCUT2D eigenvalue weighted by Gasteiger charge is -2.03. The number of nitro groups is 1. The Hall–Kier alpha value is -7.02. The number of nitro benzene ring substituents is 1. The molecule has 274 valence electrons. The molecule has 0 aliphatic rings. The van der Waals surface area contributed by atoms with E-state index in [1.165, 1.54) is 26.4 Å². The summed E-state index contributed by atoms with van der Waals surface area (Å²) in [5.41, 5.74) is 13.2. The highest BCUT2D eigenvalue weighted by molar-refractivity contribution is 7.78. The number of carbonyl (C=O) groups excluding carboxylic acids is 2. The smallest absolute Gasteiger partial charge is 0.270 e. The zero-order valence-electron chi connectivity index (χ0n) is 29.5. The molecule has 0 aliphatic carbocycles. The number of nitrogens with two attached hydrogens (primary N) is 1. The van der Waals surface area contributed by atoms with Crippen LogP contribution in [0.3, 0.4) is 0 Å². The van der Waals surface area contributed by atoms with Crippen LogP contribution in [0.5, 0.6) is 0 Å². The van der Waals surface area contributed by atoms with Gasteiger partial charge in [0.15, 0.2) is 11.6 Å². The lowest BCUT2D eigenvalue weighted by atomic mass is 10.0. The molecular formula is C44H32N6O4S2. The number of aromatic nitrogens is 4. The number of thiol groups is 2. The van der Waals surface area contributed by atoms with Crippen LogP contribution in [0.25, 0.3) is 46.1 Å². The topological polar surface area (TPSA) is 139 Å². The van der Waals surface area contributed by atoms with Crippen LogP contribution in [0.1, 0.15) is 54.4 Å². The van der Waals surface area contributed by atoms with Gasteiger partial charge in [0.2, 0.25) is 0 Å². The maximum Gasteiger partial charge on any atom is 0.270 e. The number of ketones is 2. The Morgan fingerprint density at radius 2 is 1.00 bits per heavy atom. The van der Waals surface area contributed by atoms with Crippen LogP contribution in [-0.2, 0) is 0 Å². The lowest BCUT2D eigenvalue weighted by molar-refractivity contribution is -0.384. The van der Waals surface area contributed by atoms with E-state index >= 15 is 0 Å². The summed E-state index contributed by atoms with van der Waals surface area (Å²) in [5.74, 6) is -0.383. The summed E-state index contributed by atoms with van der Waals surface area (Å²) in [4.78, 5) is 36.0. The van der Waals surface area contributed by atoms with E-state index in [1.807, 2.05) is 103 Å². The fraction of sp³-hybridized carbons (Fsp3) is 0. The second-order valence-corrected chi connectivity index (χ2v) is 13.4. The van der Waals surface area contributed by atoms with Gasteiger partial charge in [0.05, 0.1) is 27.3 Å². The van der Waals surface area contributed by atoms with Crippen molar-refractivity contribution in [1.82, 2.24) is 18.4 Å². The Kier molecular flexibility index (Phi) is 11.0. The first-order valence-electron chi connectivity index (χ1n) is 17.2. The van der Waals surface area contributed by atoms with Gasteiger partial charge in [-0.1, -0.05) is 109 Å². The molecule has 8 aromatic rings. The van der Waals surface area contributed by atoms with Crippen LogP contribution in [-0.4, -0.2) is 34.9 Å². The van der Waals surface area contributed by atoms with Crippen molar-refractivity contribution in [3.63, 3.8) is 0 Å². The summed E-state index contributed by atoms with van der Waals surface area (Å²) in [6.07, 6.45) is 7.80. The number of nitrogen functional groups attached to an aromatic ring is 1. The number of non-ortho nitro benzene ring substituents is 1. The van der Waals surface area contributed by atoms with Crippen molar-refractivity contribution in [3.05, 3.63) is 200 Å². The first kappa shape index (κ1) is 37.3. The largest absolute Gasteiger partial charge is 0.399 e. The van der Waals surface area contributed by atoms with Crippen LogP contribution >= 0.6 is 25.6 Å². The Labute approximate surface area is 332 Å². The first-order valence-corrected chi connectivity index (χ1v) is 18.0. The Morgan fingerprint density at radius 3 is 1.46 bits per heavy atom. The van der Waals surface area contributed by atoms with Gasteiger partial charge in [0.25, 0.3) is 5.69 Å². The highest BCUT2D eigenvalue weighted by atomic mass is 32.1. The second-order valence-electron chi connectivity index (χ2n) is 12.6. The molecule has 2 aromatic heterocycles. The van der Waals surface area contributed by atoms with Gasteiger partial charge in [0, 0.05) is 50.8 Å². The highest BCUT2D eigenvalue weighted by Gasteiger charge is 2.17. The number of rotatable bonds is 9. The van der Waals surface area contributed by atoms with E-state index in [-0.39, 0.29) is 22.8 Å². The molecule has 0 fully saturated rings. The van der Waals surface area contributed by atoms with E-state index in [4.69, 9.17) is 5.73 Å². The summed E-state index contributed by atoms with van der Waals surface area (Å²) < 4.78 is 2.92. The number of anilines is 1. The van der Waals surface area contributed by atoms with E-state index in [0.717, 1.165) is 38.8 Å². The van der Waals surface area contributed by atoms with E-state index in [1.54, 1.807) is 48.5 Å². The summed E-state index contributed by atoms with van der Waals surface area (Å²) >= 11 is 8.78. The number of carbonyl (C=O) groups is 2. The molecule has 0 spiro atoms. The molecule has 0 amide bonds. The highest BCUT2D eigenvalue weighted by Crippen LogP contribution is 2.26. The molecular weight excluding hydrogens is 741 g/mol. The van der Waals surface area contributed by atoms with Gasteiger partial charge in [0.1, 0.15) is 0 Å².